The molecule has 0 radical (unpaired) electrons. The second-order valence-corrected chi connectivity index (χ2v) is 5.85. The van der Waals surface area contributed by atoms with Crippen LogP contribution in [0.15, 0.2) is 18.2 Å². The summed E-state index contributed by atoms with van der Waals surface area (Å²) in [7, 11) is 0. The van der Waals surface area contributed by atoms with Crippen molar-refractivity contribution in [2.24, 2.45) is 11.3 Å². The number of rotatable bonds is 5. The zero-order valence-corrected chi connectivity index (χ0v) is 11.2. The zero-order chi connectivity index (χ0) is 13.1. The topological polar surface area (TPSA) is 38.0 Å². The van der Waals surface area contributed by atoms with E-state index in [2.05, 4.69) is 33.0 Å². The Bertz CT molecular complexity index is 372. The summed E-state index contributed by atoms with van der Waals surface area (Å²) in [5.74, 6) is 0.389. The maximum Gasteiger partial charge on any atom is 0.125 e. The smallest absolute Gasteiger partial charge is 0.125 e. The monoisotopic (exact) mass is 238 g/mol. The SMILES string of the molecule is CC(C)CC(C)(C)CNc1cc(F)ccc1N. The highest BCUT2D eigenvalue weighted by molar-refractivity contribution is 5.65. The molecule has 17 heavy (non-hydrogen) atoms. The fourth-order valence-electron chi connectivity index (χ4n) is 2.19. The second-order valence-electron chi connectivity index (χ2n) is 5.85. The fraction of sp³-hybridized carbons (Fsp3) is 0.571. The Labute approximate surface area is 103 Å². The first-order valence-corrected chi connectivity index (χ1v) is 6.09. The summed E-state index contributed by atoms with van der Waals surface area (Å²) in [5.41, 5.74) is 7.24. The highest BCUT2D eigenvalue weighted by atomic mass is 19.1. The summed E-state index contributed by atoms with van der Waals surface area (Å²) in [4.78, 5) is 0. The molecule has 0 unspecified atom stereocenters. The van der Waals surface area contributed by atoms with E-state index < -0.39 is 0 Å². The van der Waals surface area contributed by atoms with Gasteiger partial charge >= 0.3 is 0 Å². The standard InChI is InChI=1S/C14H23FN2/c1-10(2)8-14(3,4)9-17-13-7-11(15)5-6-12(13)16/h5-7,10,17H,8-9,16H2,1-4H3. The normalized spacial score (nSPS) is 11.9. The Morgan fingerprint density at radius 1 is 1.35 bits per heavy atom. The van der Waals surface area contributed by atoms with Crippen LogP contribution in [0.1, 0.15) is 34.1 Å². The molecule has 0 saturated heterocycles. The van der Waals surface area contributed by atoms with Crippen LogP contribution in [0.2, 0.25) is 0 Å². The fourth-order valence-corrected chi connectivity index (χ4v) is 2.19. The number of nitrogen functional groups attached to an aromatic ring is 1. The van der Waals surface area contributed by atoms with Gasteiger partial charge in [0.2, 0.25) is 0 Å². The molecule has 0 fully saturated rings. The van der Waals surface area contributed by atoms with Crippen LogP contribution in [0.5, 0.6) is 0 Å². The van der Waals surface area contributed by atoms with Gasteiger partial charge in [0, 0.05) is 6.54 Å². The summed E-state index contributed by atoms with van der Waals surface area (Å²) in [6, 6.07) is 4.41. The van der Waals surface area contributed by atoms with Crippen molar-refractivity contribution in [2.75, 3.05) is 17.6 Å². The number of benzene rings is 1. The maximum atomic E-state index is 13.1. The van der Waals surface area contributed by atoms with Crippen LogP contribution in [0.4, 0.5) is 15.8 Å². The van der Waals surface area contributed by atoms with Crippen molar-refractivity contribution in [1.82, 2.24) is 0 Å². The largest absolute Gasteiger partial charge is 0.397 e. The van der Waals surface area contributed by atoms with Crippen LogP contribution in [-0.2, 0) is 0 Å². The number of nitrogens with one attached hydrogen (secondary N) is 1. The molecule has 3 N–H and O–H groups in total. The summed E-state index contributed by atoms with van der Waals surface area (Å²) in [6.07, 6.45) is 1.12. The molecule has 0 heterocycles. The van der Waals surface area contributed by atoms with E-state index in [0.29, 0.717) is 17.3 Å². The average molecular weight is 238 g/mol. The van der Waals surface area contributed by atoms with E-state index in [0.717, 1.165) is 13.0 Å². The molecule has 1 aromatic rings. The summed E-state index contributed by atoms with van der Waals surface area (Å²) < 4.78 is 13.1. The molecule has 0 aromatic heterocycles. The van der Waals surface area contributed by atoms with Gasteiger partial charge in [0.05, 0.1) is 11.4 Å². The van der Waals surface area contributed by atoms with Crippen molar-refractivity contribution in [3.05, 3.63) is 24.0 Å². The number of hydrogen-bond donors (Lipinski definition) is 2. The molecular formula is C14H23FN2. The third-order valence-corrected chi connectivity index (χ3v) is 2.73. The van der Waals surface area contributed by atoms with Crippen molar-refractivity contribution in [2.45, 2.75) is 34.1 Å². The second kappa shape index (κ2) is 5.39. The molecule has 0 spiro atoms. The minimum atomic E-state index is -0.261. The van der Waals surface area contributed by atoms with Gasteiger partial charge in [-0.25, -0.2) is 4.39 Å². The number of nitrogens with two attached hydrogens (primary N) is 1. The van der Waals surface area contributed by atoms with Crippen molar-refractivity contribution >= 4 is 11.4 Å². The summed E-state index contributed by atoms with van der Waals surface area (Å²) in [5, 5.41) is 3.23. The first-order chi connectivity index (χ1) is 7.80. The van der Waals surface area contributed by atoms with Crippen LogP contribution in [-0.4, -0.2) is 6.54 Å². The molecule has 0 aliphatic carbocycles. The van der Waals surface area contributed by atoms with E-state index in [4.69, 9.17) is 5.73 Å². The Morgan fingerprint density at radius 3 is 2.59 bits per heavy atom. The lowest BCUT2D eigenvalue weighted by Gasteiger charge is -2.27. The van der Waals surface area contributed by atoms with Crippen molar-refractivity contribution in [3.8, 4) is 0 Å². The molecule has 0 bridgehead atoms. The van der Waals surface area contributed by atoms with Crippen LogP contribution < -0.4 is 11.1 Å². The lowest BCUT2D eigenvalue weighted by atomic mass is 9.84. The lowest BCUT2D eigenvalue weighted by Crippen LogP contribution is -2.25. The third-order valence-electron chi connectivity index (χ3n) is 2.73. The Hall–Kier alpha value is -1.25. The van der Waals surface area contributed by atoms with Gasteiger partial charge in [-0.05, 0) is 36.0 Å². The maximum absolute atomic E-state index is 13.1. The highest BCUT2D eigenvalue weighted by Crippen LogP contribution is 2.27. The molecular weight excluding hydrogens is 215 g/mol. The Morgan fingerprint density at radius 2 is 2.00 bits per heavy atom. The molecule has 1 aromatic carbocycles. The quantitative estimate of drug-likeness (QED) is 0.764. The first-order valence-electron chi connectivity index (χ1n) is 6.09. The molecule has 1 rings (SSSR count). The summed E-state index contributed by atoms with van der Waals surface area (Å²) >= 11 is 0. The van der Waals surface area contributed by atoms with Gasteiger partial charge in [0.15, 0.2) is 0 Å². The molecule has 96 valence electrons. The van der Waals surface area contributed by atoms with Crippen LogP contribution in [0, 0.1) is 17.2 Å². The molecule has 0 saturated carbocycles. The van der Waals surface area contributed by atoms with E-state index in [1.165, 1.54) is 12.1 Å². The average Bonchev–Trinajstić information content (AvgIpc) is 2.17. The van der Waals surface area contributed by atoms with Gasteiger partial charge in [-0.15, -0.1) is 0 Å². The molecule has 0 aliphatic heterocycles. The molecule has 0 amide bonds. The van der Waals surface area contributed by atoms with E-state index in [1.807, 2.05) is 0 Å². The van der Waals surface area contributed by atoms with Gasteiger partial charge in [0.25, 0.3) is 0 Å². The van der Waals surface area contributed by atoms with Gasteiger partial charge < -0.3 is 11.1 Å². The number of anilines is 2. The number of halogens is 1. The number of hydrogen-bond acceptors (Lipinski definition) is 2. The van der Waals surface area contributed by atoms with Crippen LogP contribution >= 0.6 is 0 Å². The van der Waals surface area contributed by atoms with Gasteiger partial charge in [-0.2, -0.15) is 0 Å². The van der Waals surface area contributed by atoms with E-state index in [9.17, 15) is 4.39 Å². The van der Waals surface area contributed by atoms with Crippen molar-refractivity contribution < 1.29 is 4.39 Å². The Kier molecular flexibility index (Phi) is 4.38. The van der Waals surface area contributed by atoms with Gasteiger partial charge in [-0.1, -0.05) is 27.7 Å². The summed E-state index contributed by atoms with van der Waals surface area (Å²) in [6.45, 7) is 9.61. The zero-order valence-electron chi connectivity index (χ0n) is 11.2. The van der Waals surface area contributed by atoms with Crippen molar-refractivity contribution in [1.29, 1.82) is 0 Å². The van der Waals surface area contributed by atoms with E-state index in [-0.39, 0.29) is 11.2 Å². The van der Waals surface area contributed by atoms with Gasteiger partial charge in [0.1, 0.15) is 5.82 Å². The van der Waals surface area contributed by atoms with E-state index in [1.54, 1.807) is 6.07 Å². The predicted molar refractivity (Wildman–Crippen MR) is 72.5 cm³/mol. The van der Waals surface area contributed by atoms with Gasteiger partial charge in [-0.3, -0.25) is 0 Å². The molecule has 0 atom stereocenters. The van der Waals surface area contributed by atoms with Crippen LogP contribution in [0.25, 0.3) is 0 Å². The predicted octanol–water partition coefficient (Wildman–Crippen LogP) is 3.89. The van der Waals surface area contributed by atoms with Crippen molar-refractivity contribution in [3.63, 3.8) is 0 Å². The first kappa shape index (κ1) is 13.8. The molecule has 0 aliphatic rings. The van der Waals surface area contributed by atoms with E-state index >= 15 is 0 Å². The molecule has 2 nitrogen and oxygen atoms in total. The van der Waals surface area contributed by atoms with Crippen LogP contribution in [0.3, 0.4) is 0 Å². The Balaban J connectivity index is 2.63. The third kappa shape index (κ3) is 4.63. The molecule has 3 heteroatoms. The highest BCUT2D eigenvalue weighted by Gasteiger charge is 2.19. The lowest BCUT2D eigenvalue weighted by molar-refractivity contribution is 0.306. The minimum absolute atomic E-state index is 0.174. The minimum Gasteiger partial charge on any atom is -0.397 e.